The molecule has 1 aliphatic rings. The number of likely N-dealkylation sites (tertiary alicyclic amines) is 1. The Balaban J connectivity index is 2.18. The molecule has 1 amide bonds. The molecule has 3 rings (SSSR count). The number of Topliss-reactive ketones (excluding diaryl/α,β-unsaturated/α-hetero) is 1. The summed E-state index contributed by atoms with van der Waals surface area (Å²) in [6.07, 6.45) is 0. The van der Waals surface area contributed by atoms with E-state index in [-0.39, 0.29) is 17.0 Å². The number of nitrogens with zero attached hydrogens (tertiary/aromatic N) is 2. The number of aromatic amines is 1. The molecule has 160 valence electrons. The highest BCUT2D eigenvalue weighted by Crippen LogP contribution is 2.42. The highest BCUT2D eigenvalue weighted by atomic mass is 32.1. The summed E-state index contributed by atoms with van der Waals surface area (Å²) in [7, 11) is 5.04. The summed E-state index contributed by atoms with van der Waals surface area (Å²) in [6.45, 7) is 4.27. The van der Waals surface area contributed by atoms with Crippen LogP contribution in [0, 0.1) is 13.8 Å². The van der Waals surface area contributed by atoms with Crippen molar-refractivity contribution in [2.45, 2.75) is 19.9 Å². The van der Waals surface area contributed by atoms with Gasteiger partial charge in [0.1, 0.15) is 11.5 Å². The summed E-state index contributed by atoms with van der Waals surface area (Å²) in [5.74, 6) is -2.24. The van der Waals surface area contributed by atoms with E-state index >= 15 is 0 Å². The van der Waals surface area contributed by atoms with Crippen LogP contribution in [0.4, 0.5) is 0 Å². The monoisotopic (exact) mass is 431 g/mol. The standard InChI is InChI=1S/C21H25N3O5S/c1-11-14(12(2)22-16(11)21(28)29-5)18(25)15-17(13-7-6-10-30-13)24(9-8-23(3)4)20(27)19(15)26/h6-7,10,17,22,25H,8-9H2,1-5H3/b18-15+/t17-/m0/s1. The van der Waals surface area contributed by atoms with Crippen molar-refractivity contribution in [2.24, 2.45) is 0 Å². The van der Waals surface area contributed by atoms with Gasteiger partial charge in [-0.05, 0) is 45.0 Å². The molecule has 0 unspecified atom stereocenters. The Hall–Kier alpha value is -2.91. The Morgan fingerprint density at radius 1 is 1.33 bits per heavy atom. The summed E-state index contributed by atoms with van der Waals surface area (Å²) >= 11 is 1.41. The molecule has 2 aromatic rings. The molecule has 2 N–H and O–H groups in total. The summed E-state index contributed by atoms with van der Waals surface area (Å²) < 4.78 is 4.78. The number of ether oxygens (including phenoxy) is 1. The number of methoxy groups -OCH3 is 1. The van der Waals surface area contributed by atoms with Crippen molar-refractivity contribution in [3.8, 4) is 0 Å². The lowest BCUT2D eigenvalue weighted by Gasteiger charge is -2.25. The summed E-state index contributed by atoms with van der Waals surface area (Å²) in [6, 6.07) is 3.00. The fourth-order valence-electron chi connectivity index (χ4n) is 3.71. The van der Waals surface area contributed by atoms with Gasteiger partial charge >= 0.3 is 5.97 Å². The number of H-pyrrole nitrogens is 1. The van der Waals surface area contributed by atoms with Crippen LogP contribution in [0.3, 0.4) is 0 Å². The third-order valence-electron chi connectivity index (χ3n) is 5.20. The Kier molecular flexibility index (Phi) is 6.14. The zero-order chi connectivity index (χ0) is 22.2. The fourth-order valence-corrected chi connectivity index (χ4v) is 4.55. The van der Waals surface area contributed by atoms with Gasteiger partial charge in [-0.2, -0.15) is 0 Å². The van der Waals surface area contributed by atoms with Crippen LogP contribution in [0.5, 0.6) is 0 Å². The largest absolute Gasteiger partial charge is 0.507 e. The zero-order valence-electron chi connectivity index (χ0n) is 17.6. The number of aromatic nitrogens is 1. The van der Waals surface area contributed by atoms with Gasteiger partial charge in [-0.15, -0.1) is 11.3 Å². The van der Waals surface area contributed by atoms with E-state index < -0.39 is 23.7 Å². The van der Waals surface area contributed by atoms with E-state index in [1.807, 2.05) is 36.5 Å². The van der Waals surface area contributed by atoms with Gasteiger partial charge < -0.3 is 24.6 Å². The van der Waals surface area contributed by atoms with E-state index in [4.69, 9.17) is 4.74 Å². The number of rotatable bonds is 6. The molecule has 1 aliphatic heterocycles. The van der Waals surface area contributed by atoms with E-state index in [1.54, 1.807) is 13.8 Å². The predicted octanol–water partition coefficient (Wildman–Crippen LogP) is 2.46. The highest BCUT2D eigenvalue weighted by molar-refractivity contribution is 7.10. The number of esters is 1. The molecule has 0 radical (unpaired) electrons. The number of aliphatic hydroxyl groups is 1. The van der Waals surface area contributed by atoms with Gasteiger partial charge in [0.25, 0.3) is 11.7 Å². The van der Waals surface area contributed by atoms with Gasteiger partial charge in [0, 0.05) is 29.2 Å². The number of nitrogens with one attached hydrogen (secondary N) is 1. The van der Waals surface area contributed by atoms with Crippen LogP contribution in [0.1, 0.15) is 38.2 Å². The molecule has 0 spiro atoms. The Labute approximate surface area is 178 Å². The molecule has 1 fully saturated rings. The summed E-state index contributed by atoms with van der Waals surface area (Å²) in [5.41, 5.74) is 1.53. The van der Waals surface area contributed by atoms with Crippen molar-refractivity contribution < 1.29 is 24.2 Å². The number of thiophene rings is 1. The molecule has 8 nitrogen and oxygen atoms in total. The van der Waals surface area contributed by atoms with E-state index in [0.717, 1.165) is 4.88 Å². The van der Waals surface area contributed by atoms with Crippen molar-refractivity contribution in [1.29, 1.82) is 0 Å². The van der Waals surface area contributed by atoms with Crippen LogP contribution in [0.25, 0.3) is 5.76 Å². The third kappa shape index (κ3) is 3.66. The molecule has 0 bridgehead atoms. The van der Waals surface area contributed by atoms with Crippen molar-refractivity contribution >= 4 is 34.8 Å². The second-order valence-electron chi connectivity index (χ2n) is 7.43. The minimum absolute atomic E-state index is 0.0304. The Morgan fingerprint density at radius 2 is 2.03 bits per heavy atom. The molecule has 3 heterocycles. The number of hydrogen-bond acceptors (Lipinski definition) is 7. The first-order valence-electron chi connectivity index (χ1n) is 9.43. The summed E-state index contributed by atoms with van der Waals surface area (Å²) in [4.78, 5) is 45.0. The lowest BCUT2D eigenvalue weighted by molar-refractivity contribution is -0.140. The van der Waals surface area contributed by atoms with Gasteiger partial charge in [0.05, 0.1) is 18.7 Å². The van der Waals surface area contributed by atoms with Gasteiger partial charge in [-0.3, -0.25) is 9.59 Å². The molecular weight excluding hydrogens is 406 g/mol. The number of hydrogen-bond donors (Lipinski definition) is 2. The molecular formula is C21H25N3O5S. The number of likely N-dealkylation sites (N-methyl/N-ethyl adjacent to an activating group) is 1. The fraction of sp³-hybridized carbons (Fsp3) is 0.381. The lowest BCUT2D eigenvalue weighted by Crippen LogP contribution is -2.35. The molecule has 30 heavy (non-hydrogen) atoms. The number of carbonyl (C=O) groups is 3. The molecule has 0 saturated carbocycles. The van der Waals surface area contributed by atoms with Crippen LogP contribution in [0.15, 0.2) is 23.1 Å². The van der Waals surface area contributed by atoms with Crippen molar-refractivity contribution in [3.63, 3.8) is 0 Å². The maximum atomic E-state index is 13.0. The first-order valence-corrected chi connectivity index (χ1v) is 10.3. The molecule has 1 saturated heterocycles. The van der Waals surface area contributed by atoms with Crippen LogP contribution in [0.2, 0.25) is 0 Å². The SMILES string of the molecule is COC(=O)c1[nH]c(C)c(/C(O)=C2\C(=O)C(=O)N(CCN(C)C)[C@H]2c2cccs2)c1C. The smallest absolute Gasteiger partial charge is 0.354 e. The quantitative estimate of drug-likeness (QED) is 0.315. The molecule has 9 heteroatoms. The van der Waals surface area contributed by atoms with E-state index in [1.165, 1.54) is 23.3 Å². The first-order chi connectivity index (χ1) is 14.2. The third-order valence-corrected chi connectivity index (χ3v) is 6.13. The van der Waals surface area contributed by atoms with E-state index in [0.29, 0.717) is 29.9 Å². The van der Waals surface area contributed by atoms with Crippen LogP contribution < -0.4 is 0 Å². The van der Waals surface area contributed by atoms with Crippen LogP contribution in [-0.4, -0.2) is 71.8 Å². The zero-order valence-corrected chi connectivity index (χ0v) is 18.4. The van der Waals surface area contributed by atoms with Crippen LogP contribution >= 0.6 is 11.3 Å². The minimum Gasteiger partial charge on any atom is -0.507 e. The second kappa shape index (κ2) is 8.45. The van der Waals surface area contributed by atoms with Gasteiger partial charge in [-0.1, -0.05) is 6.07 Å². The topological polar surface area (TPSA) is 103 Å². The van der Waals surface area contributed by atoms with E-state index in [9.17, 15) is 19.5 Å². The van der Waals surface area contributed by atoms with Crippen molar-refractivity contribution in [1.82, 2.24) is 14.8 Å². The number of amides is 1. The average Bonchev–Trinajstić information content (AvgIpc) is 3.38. The second-order valence-corrected chi connectivity index (χ2v) is 8.41. The Morgan fingerprint density at radius 3 is 2.60 bits per heavy atom. The molecule has 1 atom stereocenters. The highest BCUT2D eigenvalue weighted by Gasteiger charge is 2.46. The summed E-state index contributed by atoms with van der Waals surface area (Å²) in [5, 5.41) is 13.1. The molecule has 2 aromatic heterocycles. The average molecular weight is 432 g/mol. The van der Waals surface area contributed by atoms with Crippen molar-refractivity contribution in [2.75, 3.05) is 34.3 Å². The molecule has 0 aliphatic carbocycles. The van der Waals surface area contributed by atoms with Gasteiger partial charge in [0.2, 0.25) is 0 Å². The predicted molar refractivity (Wildman–Crippen MR) is 113 cm³/mol. The van der Waals surface area contributed by atoms with Crippen molar-refractivity contribution in [3.05, 3.63) is 50.5 Å². The number of ketones is 1. The number of aliphatic hydroxyl groups excluding tert-OH is 1. The first kappa shape index (κ1) is 21.8. The lowest BCUT2D eigenvalue weighted by atomic mass is 9.97. The minimum atomic E-state index is -0.732. The van der Waals surface area contributed by atoms with Crippen LogP contribution in [-0.2, 0) is 14.3 Å². The normalized spacial score (nSPS) is 18.5. The molecule has 0 aromatic carbocycles. The maximum Gasteiger partial charge on any atom is 0.354 e. The Bertz CT molecular complexity index is 1020. The van der Waals surface area contributed by atoms with Gasteiger partial charge in [0.15, 0.2) is 0 Å². The number of aryl methyl sites for hydroxylation is 1. The van der Waals surface area contributed by atoms with E-state index in [2.05, 4.69) is 4.98 Å². The maximum absolute atomic E-state index is 13.0. The number of carbonyl (C=O) groups excluding carboxylic acids is 3. The van der Waals surface area contributed by atoms with Gasteiger partial charge in [-0.25, -0.2) is 4.79 Å².